The molecule has 0 saturated heterocycles. The highest BCUT2D eigenvalue weighted by Gasteiger charge is 2.13. The van der Waals surface area contributed by atoms with Crippen LogP contribution in [0.4, 0.5) is 5.69 Å². The molecule has 0 aliphatic heterocycles. The monoisotopic (exact) mass is 264 g/mol. The Morgan fingerprint density at radius 2 is 1.89 bits per heavy atom. The Balaban J connectivity index is 2.78. The molecule has 0 saturated carbocycles. The van der Waals surface area contributed by atoms with E-state index in [9.17, 15) is 0 Å². The van der Waals surface area contributed by atoms with E-state index in [-0.39, 0.29) is 0 Å². The quantitative estimate of drug-likeness (QED) is 0.793. The molecule has 1 rings (SSSR count). The van der Waals surface area contributed by atoms with Crippen molar-refractivity contribution in [3.63, 3.8) is 0 Å². The Kier molecular flexibility index (Phi) is 6.16. The highest BCUT2D eigenvalue weighted by Crippen LogP contribution is 2.29. The molecule has 0 radical (unpaired) electrons. The maximum absolute atomic E-state index is 5.80. The van der Waals surface area contributed by atoms with Crippen molar-refractivity contribution in [2.75, 3.05) is 25.5 Å². The summed E-state index contributed by atoms with van der Waals surface area (Å²) in [5.74, 6) is 2.48. The first-order valence-electron chi connectivity index (χ1n) is 7.11. The van der Waals surface area contributed by atoms with Gasteiger partial charge in [-0.3, -0.25) is 0 Å². The van der Waals surface area contributed by atoms with Crippen LogP contribution in [0.25, 0.3) is 0 Å². The minimum atomic E-state index is 0.481. The number of methoxy groups -OCH3 is 1. The van der Waals surface area contributed by atoms with Crippen LogP contribution in [0.2, 0.25) is 0 Å². The number of hydrogen-bond donors (Lipinski definition) is 2. The molecule has 1 aromatic carbocycles. The van der Waals surface area contributed by atoms with Gasteiger partial charge in [-0.2, -0.15) is 0 Å². The summed E-state index contributed by atoms with van der Waals surface area (Å²) in [6, 6.07) is 6.37. The molecule has 0 heterocycles. The number of nitrogens with two attached hydrogens (primary N) is 1. The first kappa shape index (κ1) is 15.8. The molecule has 0 amide bonds. The maximum atomic E-state index is 5.80. The fourth-order valence-electron chi connectivity index (χ4n) is 2.05. The van der Waals surface area contributed by atoms with Gasteiger partial charge in [0.25, 0.3) is 0 Å². The van der Waals surface area contributed by atoms with Gasteiger partial charge < -0.3 is 15.8 Å². The zero-order valence-electron chi connectivity index (χ0n) is 12.9. The second-order valence-corrected chi connectivity index (χ2v) is 5.74. The molecule has 0 fully saturated rings. The van der Waals surface area contributed by atoms with E-state index in [0.29, 0.717) is 24.3 Å². The molecule has 0 aliphatic rings. The van der Waals surface area contributed by atoms with E-state index < -0.39 is 0 Å². The third-order valence-electron chi connectivity index (χ3n) is 3.69. The summed E-state index contributed by atoms with van der Waals surface area (Å²) in [6.45, 7) is 10.4. The van der Waals surface area contributed by atoms with Gasteiger partial charge in [0.1, 0.15) is 5.75 Å². The molecule has 1 unspecified atom stereocenters. The Bertz CT molecular complexity index is 388. The molecular formula is C16H28N2O. The summed E-state index contributed by atoms with van der Waals surface area (Å²) < 4.78 is 5.47. The standard InChI is InChI=1S/C16H28N2O/c1-11(2)13-6-7-15(16(8-13)19-5)18-10-14(9-17)12(3)4/h6-8,11-12,14,18H,9-10,17H2,1-5H3. The van der Waals surface area contributed by atoms with Crippen molar-refractivity contribution in [1.82, 2.24) is 0 Å². The molecule has 1 atom stereocenters. The lowest BCUT2D eigenvalue weighted by atomic mass is 9.96. The average Bonchev–Trinajstić information content (AvgIpc) is 2.38. The van der Waals surface area contributed by atoms with E-state index in [4.69, 9.17) is 10.5 Å². The zero-order valence-corrected chi connectivity index (χ0v) is 12.9. The number of hydrogen-bond acceptors (Lipinski definition) is 3. The normalized spacial score (nSPS) is 12.8. The first-order valence-corrected chi connectivity index (χ1v) is 7.11. The number of ether oxygens (including phenoxy) is 1. The van der Waals surface area contributed by atoms with Gasteiger partial charge >= 0.3 is 0 Å². The lowest BCUT2D eigenvalue weighted by Gasteiger charge is -2.21. The van der Waals surface area contributed by atoms with Gasteiger partial charge in [-0.25, -0.2) is 0 Å². The van der Waals surface area contributed by atoms with Gasteiger partial charge in [0.15, 0.2) is 0 Å². The van der Waals surface area contributed by atoms with Gasteiger partial charge in [-0.05, 0) is 42.0 Å². The van der Waals surface area contributed by atoms with Crippen molar-refractivity contribution in [3.05, 3.63) is 23.8 Å². The predicted molar refractivity (Wildman–Crippen MR) is 83.0 cm³/mol. The second-order valence-electron chi connectivity index (χ2n) is 5.74. The van der Waals surface area contributed by atoms with Crippen molar-refractivity contribution in [2.24, 2.45) is 17.6 Å². The fraction of sp³-hybridized carbons (Fsp3) is 0.625. The molecule has 0 bridgehead atoms. The molecular weight excluding hydrogens is 236 g/mol. The predicted octanol–water partition coefficient (Wildman–Crippen LogP) is 3.46. The first-order chi connectivity index (χ1) is 8.99. The molecule has 3 N–H and O–H groups in total. The summed E-state index contributed by atoms with van der Waals surface area (Å²) in [6.07, 6.45) is 0. The summed E-state index contributed by atoms with van der Waals surface area (Å²) >= 11 is 0. The van der Waals surface area contributed by atoms with Gasteiger partial charge in [-0.15, -0.1) is 0 Å². The van der Waals surface area contributed by atoms with Crippen LogP contribution >= 0.6 is 0 Å². The molecule has 19 heavy (non-hydrogen) atoms. The lowest BCUT2D eigenvalue weighted by molar-refractivity contribution is 0.405. The van der Waals surface area contributed by atoms with Crippen LogP contribution in [-0.2, 0) is 0 Å². The second kappa shape index (κ2) is 7.39. The molecule has 0 aliphatic carbocycles. The molecule has 0 aromatic heterocycles. The third kappa shape index (κ3) is 4.43. The minimum absolute atomic E-state index is 0.481. The van der Waals surface area contributed by atoms with Crippen molar-refractivity contribution in [2.45, 2.75) is 33.6 Å². The van der Waals surface area contributed by atoms with Crippen molar-refractivity contribution < 1.29 is 4.74 Å². The Morgan fingerprint density at radius 3 is 2.37 bits per heavy atom. The van der Waals surface area contributed by atoms with Crippen LogP contribution in [0.1, 0.15) is 39.2 Å². The Hall–Kier alpha value is -1.22. The van der Waals surface area contributed by atoms with Gasteiger partial charge in [0.05, 0.1) is 12.8 Å². The van der Waals surface area contributed by atoms with Gasteiger partial charge in [0.2, 0.25) is 0 Å². The molecule has 3 nitrogen and oxygen atoms in total. The largest absolute Gasteiger partial charge is 0.495 e. The SMILES string of the molecule is COc1cc(C(C)C)ccc1NCC(CN)C(C)C. The smallest absolute Gasteiger partial charge is 0.142 e. The van der Waals surface area contributed by atoms with Crippen LogP contribution in [0.15, 0.2) is 18.2 Å². The van der Waals surface area contributed by atoms with Gasteiger partial charge in [0, 0.05) is 6.54 Å². The lowest BCUT2D eigenvalue weighted by Crippen LogP contribution is -2.27. The van der Waals surface area contributed by atoms with E-state index in [1.165, 1.54) is 5.56 Å². The van der Waals surface area contributed by atoms with E-state index in [1.54, 1.807) is 7.11 Å². The number of anilines is 1. The zero-order chi connectivity index (χ0) is 14.4. The highest BCUT2D eigenvalue weighted by molar-refractivity contribution is 5.58. The Morgan fingerprint density at radius 1 is 1.21 bits per heavy atom. The maximum Gasteiger partial charge on any atom is 0.142 e. The summed E-state index contributed by atoms with van der Waals surface area (Å²) in [4.78, 5) is 0. The van der Waals surface area contributed by atoms with Crippen molar-refractivity contribution in [3.8, 4) is 5.75 Å². The topological polar surface area (TPSA) is 47.3 Å². The van der Waals surface area contributed by atoms with Crippen molar-refractivity contribution in [1.29, 1.82) is 0 Å². The molecule has 3 heteroatoms. The average molecular weight is 264 g/mol. The van der Waals surface area contributed by atoms with Crippen LogP contribution in [0, 0.1) is 11.8 Å². The summed E-state index contributed by atoms with van der Waals surface area (Å²) in [5, 5.41) is 3.46. The molecule has 0 spiro atoms. The van der Waals surface area contributed by atoms with Crippen LogP contribution in [-0.4, -0.2) is 20.2 Å². The summed E-state index contributed by atoms with van der Waals surface area (Å²) in [5.41, 5.74) is 8.14. The van der Waals surface area contributed by atoms with E-state index in [1.807, 2.05) is 0 Å². The third-order valence-corrected chi connectivity index (χ3v) is 3.69. The number of benzene rings is 1. The minimum Gasteiger partial charge on any atom is -0.495 e. The molecule has 108 valence electrons. The number of nitrogens with one attached hydrogen (secondary N) is 1. The highest BCUT2D eigenvalue weighted by atomic mass is 16.5. The van der Waals surface area contributed by atoms with E-state index >= 15 is 0 Å². The van der Waals surface area contributed by atoms with E-state index in [2.05, 4.69) is 51.2 Å². The van der Waals surface area contributed by atoms with Crippen molar-refractivity contribution >= 4 is 5.69 Å². The Labute approximate surface area is 117 Å². The number of rotatable bonds is 7. The van der Waals surface area contributed by atoms with Crippen LogP contribution in [0.3, 0.4) is 0 Å². The van der Waals surface area contributed by atoms with Crippen LogP contribution in [0.5, 0.6) is 5.75 Å². The summed E-state index contributed by atoms with van der Waals surface area (Å²) in [7, 11) is 1.72. The van der Waals surface area contributed by atoms with Crippen LogP contribution < -0.4 is 15.8 Å². The fourth-order valence-corrected chi connectivity index (χ4v) is 2.05. The molecule has 1 aromatic rings. The van der Waals surface area contributed by atoms with Gasteiger partial charge in [-0.1, -0.05) is 33.8 Å². The van der Waals surface area contributed by atoms with E-state index in [0.717, 1.165) is 18.0 Å².